The minimum atomic E-state index is -0.0968. The zero-order valence-electron chi connectivity index (χ0n) is 9.52. The molecule has 0 aromatic carbocycles. The summed E-state index contributed by atoms with van der Waals surface area (Å²) < 4.78 is 10.6. The van der Waals surface area contributed by atoms with E-state index in [0.717, 1.165) is 19.8 Å². The Balaban J connectivity index is 3.51. The molecule has 0 aliphatic rings. The van der Waals surface area contributed by atoms with Gasteiger partial charge in [0.2, 0.25) is 0 Å². The monoisotopic (exact) mass is 189 g/mol. The molecular weight excluding hydrogens is 166 g/mol. The largest absolute Gasteiger partial charge is 0.380 e. The van der Waals surface area contributed by atoms with Crippen LogP contribution in [0.2, 0.25) is 0 Å². The van der Waals surface area contributed by atoms with Crippen molar-refractivity contribution in [3.8, 4) is 0 Å². The predicted octanol–water partition coefficient (Wildman–Crippen LogP) is 1.43. The summed E-state index contributed by atoms with van der Waals surface area (Å²) in [4.78, 5) is 0. The lowest BCUT2D eigenvalue weighted by Crippen LogP contribution is -2.42. The van der Waals surface area contributed by atoms with Crippen LogP contribution in [-0.4, -0.2) is 38.5 Å². The van der Waals surface area contributed by atoms with Crippen LogP contribution in [-0.2, 0) is 9.47 Å². The highest BCUT2D eigenvalue weighted by Crippen LogP contribution is 2.05. The number of hydrogen-bond donors (Lipinski definition) is 1. The zero-order valence-corrected chi connectivity index (χ0v) is 9.52. The second kappa shape index (κ2) is 6.35. The van der Waals surface area contributed by atoms with Crippen molar-refractivity contribution in [3.63, 3.8) is 0 Å². The molecule has 1 unspecified atom stereocenters. The fourth-order valence-electron chi connectivity index (χ4n) is 0.846. The third-order valence-corrected chi connectivity index (χ3v) is 2.00. The van der Waals surface area contributed by atoms with Gasteiger partial charge >= 0.3 is 0 Å². The van der Waals surface area contributed by atoms with Gasteiger partial charge < -0.3 is 14.8 Å². The van der Waals surface area contributed by atoms with Gasteiger partial charge in [-0.25, -0.2) is 0 Å². The fraction of sp³-hybridized carbons (Fsp3) is 1.00. The highest BCUT2D eigenvalue weighted by Gasteiger charge is 2.16. The Morgan fingerprint density at radius 3 is 2.46 bits per heavy atom. The van der Waals surface area contributed by atoms with Gasteiger partial charge in [0.25, 0.3) is 0 Å². The Morgan fingerprint density at radius 1 is 1.38 bits per heavy atom. The molecule has 0 heterocycles. The van der Waals surface area contributed by atoms with Gasteiger partial charge in [-0.2, -0.15) is 0 Å². The first-order valence-electron chi connectivity index (χ1n) is 4.88. The van der Waals surface area contributed by atoms with Crippen molar-refractivity contribution >= 4 is 0 Å². The lowest BCUT2D eigenvalue weighted by atomic mass is 10.1. The second-order valence-electron chi connectivity index (χ2n) is 3.91. The highest BCUT2D eigenvalue weighted by atomic mass is 16.5. The Bertz CT molecular complexity index is 126. The number of hydrogen-bond acceptors (Lipinski definition) is 3. The summed E-state index contributed by atoms with van der Waals surface area (Å²) in [7, 11) is 1.73. The molecule has 0 saturated carbocycles. The average molecular weight is 189 g/mol. The first-order valence-corrected chi connectivity index (χ1v) is 4.88. The zero-order chi connectivity index (χ0) is 10.3. The first kappa shape index (κ1) is 12.9. The van der Waals surface area contributed by atoms with E-state index < -0.39 is 0 Å². The summed E-state index contributed by atoms with van der Waals surface area (Å²) in [5.41, 5.74) is -0.0968. The van der Waals surface area contributed by atoms with Gasteiger partial charge in [-0.05, 0) is 27.7 Å². The molecule has 0 aliphatic carbocycles. The minimum absolute atomic E-state index is 0.0968. The van der Waals surface area contributed by atoms with Crippen LogP contribution in [0.15, 0.2) is 0 Å². The maximum absolute atomic E-state index is 5.29. The van der Waals surface area contributed by atoms with E-state index in [0.29, 0.717) is 6.04 Å². The molecule has 13 heavy (non-hydrogen) atoms. The molecule has 0 radical (unpaired) electrons. The Hall–Kier alpha value is -0.120. The summed E-state index contributed by atoms with van der Waals surface area (Å²) in [6, 6.07) is 0.384. The van der Waals surface area contributed by atoms with Crippen molar-refractivity contribution in [2.45, 2.75) is 39.3 Å². The van der Waals surface area contributed by atoms with E-state index in [1.807, 2.05) is 6.92 Å². The lowest BCUT2D eigenvalue weighted by Gasteiger charge is -2.25. The fourth-order valence-corrected chi connectivity index (χ4v) is 0.846. The summed E-state index contributed by atoms with van der Waals surface area (Å²) in [5.74, 6) is 0. The number of methoxy groups -OCH3 is 1. The average Bonchev–Trinajstić information content (AvgIpc) is 2.11. The molecule has 0 spiro atoms. The van der Waals surface area contributed by atoms with Crippen molar-refractivity contribution in [1.82, 2.24) is 5.32 Å². The second-order valence-corrected chi connectivity index (χ2v) is 3.91. The SMILES string of the molecule is CCOCC(C)NCC(C)(C)OC. The molecular formula is C10H23NO2. The third kappa shape index (κ3) is 6.99. The Kier molecular flexibility index (Phi) is 6.29. The number of ether oxygens (including phenoxy) is 2. The van der Waals surface area contributed by atoms with Gasteiger partial charge in [-0.1, -0.05) is 0 Å². The molecule has 0 bridgehead atoms. The molecule has 0 aromatic rings. The molecule has 3 nitrogen and oxygen atoms in total. The van der Waals surface area contributed by atoms with E-state index in [-0.39, 0.29) is 5.60 Å². The first-order chi connectivity index (χ1) is 6.02. The molecule has 0 fully saturated rings. The molecule has 1 N–H and O–H groups in total. The van der Waals surface area contributed by atoms with E-state index in [1.165, 1.54) is 0 Å². The van der Waals surface area contributed by atoms with Crippen molar-refractivity contribution in [3.05, 3.63) is 0 Å². The maximum Gasteiger partial charge on any atom is 0.0746 e. The van der Waals surface area contributed by atoms with E-state index >= 15 is 0 Å². The van der Waals surface area contributed by atoms with Crippen LogP contribution >= 0.6 is 0 Å². The van der Waals surface area contributed by atoms with Gasteiger partial charge in [0.05, 0.1) is 12.2 Å². The van der Waals surface area contributed by atoms with Crippen LogP contribution in [0.3, 0.4) is 0 Å². The van der Waals surface area contributed by atoms with Crippen LogP contribution in [0.1, 0.15) is 27.7 Å². The predicted molar refractivity (Wildman–Crippen MR) is 55.0 cm³/mol. The van der Waals surface area contributed by atoms with Crippen LogP contribution < -0.4 is 5.32 Å². The summed E-state index contributed by atoms with van der Waals surface area (Å²) >= 11 is 0. The third-order valence-electron chi connectivity index (χ3n) is 2.00. The van der Waals surface area contributed by atoms with Crippen molar-refractivity contribution < 1.29 is 9.47 Å². The van der Waals surface area contributed by atoms with Gasteiger partial charge in [-0.15, -0.1) is 0 Å². The summed E-state index contributed by atoms with van der Waals surface area (Å²) in [5, 5.41) is 3.36. The van der Waals surface area contributed by atoms with Crippen molar-refractivity contribution in [2.24, 2.45) is 0 Å². The van der Waals surface area contributed by atoms with Crippen LogP contribution in [0, 0.1) is 0 Å². The van der Waals surface area contributed by atoms with Crippen LogP contribution in [0.4, 0.5) is 0 Å². The molecule has 3 heteroatoms. The molecule has 0 amide bonds. The lowest BCUT2D eigenvalue weighted by molar-refractivity contribution is 0.0180. The summed E-state index contributed by atoms with van der Waals surface area (Å²) in [6.07, 6.45) is 0. The molecule has 0 saturated heterocycles. The molecule has 80 valence electrons. The Labute approximate surface area is 81.8 Å². The van der Waals surface area contributed by atoms with Crippen molar-refractivity contribution in [1.29, 1.82) is 0 Å². The van der Waals surface area contributed by atoms with Gasteiger partial charge in [0.15, 0.2) is 0 Å². The number of nitrogens with one attached hydrogen (secondary N) is 1. The molecule has 0 rings (SSSR count). The van der Waals surface area contributed by atoms with Gasteiger partial charge in [0, 0.05) is 26.3 Å². The van der Waals surface area contributed by atoms with E-state index in [4.69, 9.17) is 9.47 Å². The van der Waals surface area contributed by atoms with Crippen LogP contribution in [0.5, 0.6) is 0 Å². The topological polar surface area (TPSA) is 30.5 Å². The van der Waals surface area contributed by atoms with E-state index in [9.17, 15) is 0 Å². The summed E-state index contributed by atoms with van der Waals surface area (Å²) in [6.45, 7) is 10.6. The van der Waals surface area contributed by atoms with E-state index in [1.54, 1.807) is 7.11 Å². The standard InChI is InChI=1S/C10H23NO2/c1-6-13-7-9(2)11-8-10(3,4)12-5/h9,11H,6-8H2,1-5H3. The van der Waals surface area contributed by atoms with E-state index in [2.05, 4.69) is 26.1 Å². The molecule has 1 atom stereocenters. The van der Waals surface area contributed by atoms with Crippen LogP contribution in [0.25, 0.3) is 0 Å². The smallest absolute Gasteiger partial charge is 0.0746 e. The van der Waals surface area contributed by atoms with Gasteiger partial charge in [0.1, 0.15) is 0 Å². The maximum atomic E-state index is 5.29. The molecule has 0 aliphatic heterocycles. The van der Waals surface area contributed by atoms with Crippen molar-refractivity contribution in [2.75, 3.05) is 26.9 Å². The quantitative estimate of drug-likeness (QED) is 0.657. The number of rotatable bonds is 7. The normalized spacial score (nSPS) is 14.5. The Morgan fingerprint density at radius 2 is 2.00 bits per heavy atom. The molecule has 0 aromatic heterocycles. The highest BCUT2D eigenvalue weighted by molar-refractivity contribution is 4.73. The van der Waals surface area contributed by atoms with Gasteiger partial charge in [-0.3, -0.25) is 0 Å². The minimum Gasteiger partial charge on any atom is -0.380 e.